The molecule has 0 radical (unpaired) electrons. The van der Waals surface area contributed by atoms with E-state index in [1.165, 1.54) is 0 Å². The highest BCUT2D eigenvalue weighted by molar-refractivity contribution is 5.49. The highest BCUT2D eigenvalue weighted by Crippen LogP contribution is 2.13. The molecule has 4 nitrogen and oxygen atoms in total. The van der Waals surface area contributed by atoms with E-state index in [0.29, 0.717) is 0 Å². The predicted molar refractivity (Wildman–Crippen MR) is 39.4 cm³/mol. The van der Waals surface area contributed by atoms with Gasteiger partial charge in [0, 0.05) is 17.8 Å². The van der Waals surface area contributed by atoms with E-state index in [0.717, 1.165) is 11.2 Å². The maximum Gasteiger partial charge on any atom is 0.119 e. The lowest BCUT2D eigenvalue weighted by atomic mass is 10.3. The molecule has 0 spiro atoms. The number of aromatic hydroxyl groups is 1. The van der Waals surface area contributed by atoms with Crippen molar-refractivity contribution >= 4 is 5.52 Å². The van der Waals surface area contributed by atoms with E-state index in [2.05, 4.69) is 10.3 Å². The van der Waals surface area contributed by atoms with Gasteiger partial charge < -0.3 is 5.11 Å². The highest BCUT2D eigenvalue weighted by atomic mass is 16.3. The molecular weight excluding hydrogens is 142 g/mol. The van der Waals surface area contributed by atoms with Crippen LogP contribution in [-0.2, 0) is 0 Å². The van der Waals surface area contributed by atoms with Crippen LogP contribution >= 0.6 is 0 Å². The van der Waals surface area contributed by atoms with Crippen LogP contribution in [0, 0.1) is 6.92 Å². The van der Waals surface area contributed by atoms with E-state index in [1.807, 2.05) is 6.92 Å². The zero-order valence-corrected chi connectivity index (χ0v) is 6.02. The van der Waals surface area contributed by atoms with Gasteiger partial charge in [-0.05, 0) is 6.92 Å². The van der Waals surface area contributed by atoms with Crippen LogP contribution in [0.15, 0.2) is 18.3 Å². The Hall–Kier alpha value is -1.58. The predicted octanol–water partition coefficient (Wildman–Crippen LogP) is 0.743. The molecule has 0 aromatic carbocycles. The lowest BCUT2D eigenvalue weighted by molar-refractivity contribution is 0.474. The zero-order chi connectivity index (χ0) is 7.84. The van der Waals surface area contributed by atoms with Gasteiger partial charge in [-0.25, -0.2) is 4.52 Å². The normalized spacial score (nSPS) is 10.6. The van der Waals surface area contributed by atoms with Gasteiger partial charge in [0.2, 0.25) is 0 Å². The summed E-state index contributed by atoms with van der Waals surface area (Å²) in [5.74, 6) is 0.248. The summed E-state index contributed by atoms with van der Waals surface area (Å²) in [5, 5.41) is 16.7. The highest BCUT2D eigenvalue weighted by Gasteiger charge is 1.99. The summed E-state index contributed by atoms with van der Waals surface area (Å²) in [5.41, 5.74) is 1.68. The quantitative estimate of drug-likeness (QED) is 0.601. The van der Waals surface area contributed by atoms with Gasteiger partial charge in [-0.2, -0.15) is 0 Å². The Morgan fingerprint density at radius 1 is 1.45 bits per heavy atom. The fraction of sp³-hybridized carbons (Fsp3) is 0.143. The van der Waals surface area contributed by atoms with Crippen molar-refractivity contribution in [1.82, 2.24) is 14.8 Å². The van der Waals surface area contributed by atoms with Crippen LogP contribution in [0.4, 0.5) is 0 Å². The Labute approximate surface area is 63.1 Å². The molecule has 0 fully saturated rings. The van der Waals surface area contributed by atoms with Crippen molar-refractivity contribution in [3.8, 4) is 5.75 Å². The van der Waals surface area contributed by atoms with Crippen LogP contribution in [0.3, 0.4) is 0 Å². The third-order valence-electron chi connectivity index (χ3n) is 1.56. The molecule has 2 heterocycles. The van der Waals surface area contributed by atoms with E-state index in [1.54, 1.807) is 22.8 Å². The lowest BCUT2D eigenvalue weighted by Crippen LogP contribution is -1.91. The van der Waals surface area contributed by atoms with Crippen molar-refractivity contribution in [1.29, 1.82) is 0 Å². The number of aryl methyl sites for hydroxylation is 1. The minimum absolute atomic E-state index is 0.248. The first-order valence-electron chi connectivity index (χ1n) is 3.27. The first-order valence-corrected chi connectivity index (χ1v) is 3.27. The molecule has 56 valence electrons. The molecule has 0 saturated heterocycles. The molecular formula is C7H7N3O. The smallest absolute Gasteiger partial charge is 0.119 e. The van der Waals surface area contributed by atoms with E-state index in [4.69, 9.17) is 5.11 Å². The molecule has 1 N–H and O–H groups in total. The second-order valence-electron chi connectivity index (χ2n) is 2.43. The SMILES string of the molecule is Cc1cc(O)cc2cnnn12. The summed E-state index contributed by atoms with van der Waals surface area (Å²) in [4.78, 5) is 0. The number of aromatic nitrogens is 3. The van der Waals surface area contributed by atoms with Gasteiger partial charge in [0.1, 0.15) is 5.75 Å². The van der Waals surface area contributed by atoms with Gasteiger partial charge in [0.05, 0.1) is 11.7 Å². The Bertz CT molecular complexity index is 393. The van der Waals surface area contributed by atoms with E-state index < -0.39 is 0 Å². The van der Waals surface area contributed by atoms with Crippen LogP contribution in [0.1, 0.15) is 5.69 Å². The third kappa shape index (κ3) is 0.832. The molecule has 11 heavy (non-hydrogen) atoms. The second-order valence-corrected chi connectivity index (χ2v) is 2.43. The average molecular weight is 149 g/mol. The van der Waals surface area contributed by atoms with Gasteiger partial charge >= 0.3 is 0 Å². The summed E-state index contributed by atoms with van der Waals surface area (Å²) in [6, 6.07) is 3.26. The molecule has 0 atom stereocenters. The van der Waals surface area contributed by atoms with Crippen molar-refractivity contribution in [2.75, 3.05) is 0 Å². The molecule has 0 aliphatic rings. The van der Waals surface area contributed by atoms with E-state index in [-0.39, 0.29) is 5.75 Å². The molecule has 0 unspecified atom stereocenters. The van der Waals surface area contributed by atoms with Crippen LogP contribution in [-0.4, -0.2) is 19.9 Å². The summed E-state index contributed by atoms with van der Waals surface area (Å²) < 4.78 is 1.67. The van der Waals surface area contributed by atoms with Crippen LogP contribution in [0.2, 0.25) is 0 Å². The van der Waals surface area contributed by atoms with Gasteiger partial charge in [-0.15, -0.1) is 5.10 Å². The summed E-state index contributed by atoms with van der Waals surface area (Å²) in [6.45, 7) is 1.86. The molecule has 0 amide bonds. The van der Waals surface area contributed by atoms with Gasteiger partial charge in [-0.3, -0.25) is 0 Å². The largest absolute Gasteiger partial charge is 0.508 e. The molecule has 2 aromatic heterocycles. The van der Waals surface area contributed by atoms with Crippen LogP contribution in [0.25, 0.3) is 5.52 Å². The van der Waals surface area contributed by atoms with Crippen molar-refractivity contribution in [3.63, 3.8) is 0 Å². The zero-order valence-electron chi connectivity index (χ0n) is 6.02. The average Bonchev–Trinajstić information content (AvgIpc) is 2.34. The first kappa shape index (κ1) is 6.15. The second kappa shape index (κ2) is 1.95. The Balaban J connectivity index is 2.91. The van der Waals surface area contributed by atoms with Crippen molar-refractivity contribution < 1.29 is 5.11 Å². The van der Waals surface area contributed by atoms with Crippen LogP contribution < -0.4 is 0 Å². The fourth-order valence-electron chi connectivity index (χ4n) is 1.08. The monoisotopic (exact) mass is 149 g/mol. The lowest BCUT2D eigenvalue weighted by Gasteiger charge is -1.97. The van der Waals surface area contributed by atoms with Gasteiger partial charge in [0.25, 0.3) is 0 Å². The minimum Gasteiger partial charge on any atom is -0.508 e. The topological polar surface area (TPSA) is 50.4 Å². The summed E-state index contributed by atoms with van der Waals surface area (Å²) >= 11 is 0. The molecule has 0 aliphatic heterocycles. The number of rotatable bonds is 0. The maximum atomic E-state index is 9.16. The Morgan fingerprint density at radius 3 is 3.09 bits per heavy atom. The Morgan fingerprint density at radius 2 is 2.27 bits per heavy atom. The minimum atomic E-state index is 0.248. The van der Waals surface area contributed by atoms with E-state index >= 15 is 0 Å². The first-order chi connectivity index (χ1) is 5.27. The third-order valence-corrected chi connectivity index (χ3v) is 1.56. The van der Waals surface area contributed by atoms with Crippen LogP contribution in [0.5, 0.6) is 5.75 Å². The molecule has 0 bridgehead atoms. The number of pyridine rings is 1. The standard InChI is InChI=1S/C7H7N3O/c1-5-2-7(11)3-6-4-8-9-10(5)6/h2-4,11H,1H3. The van der Waals surface area contributed by atoms with Gasteiger partial charge in [-0.1, -0.05) is 5.21 Å². The van der Waals surface area contributed by atoms with E-state index in [9.17, 15) is 0 Å². The molecule has 4 heteroatoms. The number of hydrogen-bond acceptors (Lipinski definition) is 3. The number of nitrogens with zero attached hydrogens (tertiary/aromatic N) is 3. The Kier molecular flexibility index (Phi) is 1.09. The van der Waals surface area contributed by atoms with Crippen molar-refractivity contribution in [2.24, 2.45) is 0 Å². The molecule has 2 aromatic rings. The molecule has 0 aliphatic carbocycles. The van der Waals surface area contributed by atoms with Gasteiger partial charge in [0.15, 0.2) is 0 Å². The maximum absolute atomic E-state index is 9.16. The van der Waals surface area contributed by atoms with Crippen molar-refractivity contribution in [3.05, 3.63) is 24.0 Å². The fourth-order valence-corrected chi connectivity index (χ4v) is 1.08. The molecule has 0 saturated carbocycles. The summed E-state index contributed by atoms with van der Waals surface area (Å²) in [7, 11) is 0. The number of fused-ring (bicyclic) bond motifs is 1. The summed E-state index contributed by atoms with van der Waals surface area (Å²) in [6.07, 6.45) is 1.60. The van der Waals surface area contributed by atoms with Crippen molar-refractivity contribution in [2.45, 2.75) is 6.92 Å². The number of hydrogen-bond donors (Lipinski definition) is 1. The molecule has 2 rings (SSSR count).